The number of nitrogens with zero attached hydrogens (tertiary/aromatic N) is 1. The maximum Gasteiger partial charge on any atom is 0.337 e. The number of amides is 2. The van der Waals surface area contributed by atoms with Gasteiger partial charge in [0, 0.05) is 5.92 Å². The zero-order chi connectivity index (χ0) is 22.4. The van der Waals surface area contributed by atoms with Crippen molar-refractivity contribution in [2.45, 2.75) is 10.2 Å². The molecule has 0 unspecified atom stereocenters. The first kappa shape index (κ1) is 19.7. The first-order valence-corrected chi connectivity index (χ1v) is 11.3. The van der Waals surface area contributed by atoms with Crippen molar-refractivity contribution in [3.8, 4) is 0 Å². The van der Waals surface area contributed by atoms with Gasteiger partial charge in [0.25, 0.3) is 0 Å². The van der Waals surface area contributed by atoms with E-state index in [9.17, 15) is 19.5 Å². The molecule has 0 spiro atoms. The molecular weight excluding hydrogens is 494 g/mol. The molecule has 4 aliphatic rings. The molecule has 1 saturated heterocycles. The van der Waals surface area contributed by atoms with Gasteiger partial charge >= 0.3 is 5.97 Å². The second-order valence-corrected chi connectivity index (χ2v) is 10.0. The van der Waals surface area contributed by atoms with Crippen LogP contribution < -0.4 is 4.90 Å². The Bertz CT molecular complexity index is 1320. The van der Waals surface area contributed by atoms with Gasteiger partial charge in [-0.1, -0.05) is 76.1 Å². The van der Waals surface area contributed by atoms with Gasteiger partial charge in [-0.15, -0.1) is 0 Å². The van der Waals surface area contributed by atoms with Gasteiger partial charge in [-0.05, 0) is 40.5 Å². The molecule has 7 heteroatoms. The highest BCUT2D eigenvalue weighted by Gasteiger charge is 2.67. The normalized spacial score (nSPS) is 27.2. The minimum Gasteiger partial charge on any atom is -0.478 e. The van der Waals surface area contributed by atoms with E-state index in [-0.39, 0.29) is 34.0 Å². The zero-order valence-electron chi connectivity index (χ0n) is 16.5. The van der Waals surface area contributed by atoms with Gasteiger partial charge in [0.05, 0.1) is 32.4 Å². The maximum absolute atomic E-state index is 13.8. The number of aromatic carboxylic acids is 1. The number of imide groups is 1. The van der Waals surface area contributed by atoms with Gasteiger partial charge in [0.1, 0.15) is 0 Å². The summed E-state index contributed by atoms with van der Waals surface area (Å²) in [4.78, 5) is 40.3. The third-order valence-corrected chi connectivity index (χ3v) is 8.63. The van der Waals surface area contributed by atoms with Crippen molar-refractivity contribution in [2.24, 2.45) is 11.8 Å². The summed E-state index contributed by atoms with van der Waals surface area (Å²) in [5, 5.41) is 9.51. The molecular formula is C25H15BrClNO4. The number of carboxylic acid groups (broad SMARTS) is 1. The Morgan fingerprint density at radius 1 is 0.938 bits per heavy atom. The van der Waals surface area contributed by atoms with E-state index in [2.05, 4.69) is 15.9 Å². The maximum atomic E-state index is 13.8. The quantitative estimate of drug-likeness (QED) is 0.393. The summed E-state index contributed by atoms with van der Waals surface area (Å²) in [6, 6.07) is 20.1. The number of anilines is 1. The number of rotatable bonds is 2. The summed E-state index contributed by atoms with van der Waals surface area (Å²) in [6.45, 7) is 0. The molecule has 5 nitrogen and oxygen atoms in total. The number of carbonyl (C=O) groups excluding carboxylic acids is 2. The summed E-state index contributed by atoms with van der Waals surface area (Å²) in [6.07, 6.45) is 0. The van der Waals surface area contributed by atoms with Crippen LogP contribution in [0.3, 0.4) is 0 Å². The molecule has 2 amide bonds. The van der Waals surface area contributed by atoms with Crippen molar-refractivity contribution in [3.05, 3.63) is 99.6 Å². The highest BCUT2D eigenvalue weighted by molar-refractivity contribution is 9.09. The Balaban J connectivity index is 1.58. The van der Waals surface area contributed by atoms with Crippen molar-refractivity contribution in [1.82, 2.24) is 0 Å². The fourth-order valence-corrected chi connectivity index (χ4v) is 7.15. The average Bonchev–Trinajstić information content (AvgIpc) is 3.06. The van der Waals surface area contributed by atoms with E-state index in [4.69, 9.17) is 11.6 Å². The summed E-state index contributed by atoms with van der Waals surface area (Å²) in [7, 11) is 0. The molecule has 1 aliphatic heterocycles. The molecule has 1 N–H and O–H groups in total. The minimum atomic E-state index is -1.22. The van der Waals surface area contributed by atoms with E-state index in [0.717, 1.165) is 27.2 Å². The molecule has 0 saturated carbocycles. The fourth-order valence-electron chi connectivity index (χ4n) is 5.75. The largest absolute Gasteiger partial charge is 0.478 e. The van der Waals surface area contributed by atoms with Gasteiger partial charge < -0.3 is 5.11 Å². The Hall–Kier alpha value is -2.96. The third-order valence-electron chi connectivity index (χ3n) is 6.95. The predicted molar refractivity (Wildman–Crippen MR) is 122 cm³/mol. The lowest BCUT2D eigenvalue weighted by molar-refractivity contribution is -0.122. The zero-order valence-corrected chi connectivity index (χ0v) is 18.8. The van der Waals surface area contributed by atoms with Crippen LogP contribution in [-0.2, 0) is 13.9 Å². The number of hydrogen-bond donors (Lipinski definition) is 1. The van der Waals surface area contributed by atoms with Crippen molar-refractivity contribution >= 4 is 51.0 Å². The van der Waals surface area contributed by atoms with E-state index < -0.39 is 22.1 Å². The molecule has 0 aromatic heterocycles. The predicted octanol–water partition coefficient (Wildman–Crippen LogP) is 4.94. The number of carboxylic acids is 1. The summed E-state index contributed by atoms with van der Waals surface area (Å²) >= 11 is 9.96. The smallest absolute Gasteiger partial charge is 0.337 e. The highest BCUT2D eigenvalue weighted by atomic mass is 79.9. The van der Waals surface area contributed by atoms with Crippen molar-refractivity contribution < 1.29 is 19.5 Å². The molecule has 3 aromatic carbocycles. The molecule has 7 rings (SSSR count). The number of hydrogen-bond acceptors (Lipinski definition) is 3. The Kier molecular flexibility index (Phi) is 4.02. The van der Waals surface area contributed by atoms with Crippen LogP contribution in [0.25, 0.3) is 0 Å². The van der Waals surface area contributed by atoms with Crippen LogP contribution in [0.2, 0.25) is 5.02 Å². The number of benzene rings is 3. The van der Waals surface area contributed by atoms with Gasteiger partial charge in [0.2, 0.25) is 11.8 Å². The fraction of sp³-hybridized carbons (Fsp3) is 0.160. The van der Waals surface area contributed by atoms with Crippen LogP contribution in [0.1, 0.15) is 38.5 Å². The van der Waals surface area contributed by atoms with Crippen LogP contribution in [0.5, 0.6) is 0 Å². The lowest BCUT2D eigenvalue weighted by Crippen LogP contribution is -2.50. The van der Waals surface area contributed by atoms with E-state index in [1.54, 1.807) is 0 Å². The topological polar surface area (TPSA) is 74.7 Å². The Morgan fingerprint density at radius 2 is 1.53 bits per heavy atom. The first-order chi connectivity index (χ1) is 15.4. The van der Waals surface area contributed by atoms with Crippen molar-refractivity contribution in [3.63, 3.8) is 0 Å². The molecule has 1 heterocycles. The number of alkyl halides is 1. The van der Waals surface area contributed by atoms with E-state index in [1.807, 2.05) is 48.5 Å². The van der Waals surface area contributed by atoms with E-state index in [1.165, 1.54) is 18.2 Å². The number of carbonyl (C=O) groups is 3. The molecule has 2 atom stereocenters. The average molecular weight is 509 g/mol. The van der Waals surface area contributed by atoms with E-state index >= 15 is 0 Å². The lowest BCUT2D eigenvalue weighted by Gasteiger charge is -2.51. The molecule has 3 aliphatic carbocycles. The Labute approximate surface area is 196 Å². The SMILES string of the molecule is O=C(O)c1cc(N2C(=O)[C@H]3C4c5ccccc5C(Br)(c5ccccc54)[C@H]3C2=O)ccc1Cl. The van der Waals surface area contributed by atoms with Crippen LogP contribution in [0.15, 0.2) is 66.7 Å². The number of halogens is 2. The standard InChI is InChI=1S/C25H15BrClNO4/c26-25-16-7-3-1-5-13(16)19(14-6-2-4-8-17(14)25)20-21(25)23(30)28(22(20)29)12-9-10-18(27)15(11-12)24(31)32/h1-11,19-21H,(H,31,32)/t19?,20-,21+,25?/m0/s1. The lowest BCUT2D eigenvalue weighted by atomic mass is 9.55. The van der Waals surface area contributed by atoms with Gasteiger partial charge in [-0.3, -0.25) is 9.59 Å². The van der Waals surface area contributed by atoms with Crippen molar-refractivity contribution in [2.75, 3.05) is 4.90 Å². The summed E-state index contributed by atoms with van der Waals surface area (Å²) < 4.78 is -0.844. The van der Waals surface area contributed by atoms with Gasteiger partial charge in [-0.25, -0.2) is 9.69 Å². The van der Waals surface area contributed by atoms with Gasteiger partial charge in [-0.2, -0.15) is 0 Å². The van der Waals surface area contributed by atoms with Crippen LogP contribution in [-0.4, -0.2) is 22.9 Å². The Morgan fingerprint density at radius 3 is 2.12 bits per heavy atom. The van der Waals surface area contributed by atoms with Crippen LogP contribution in [0, 0.1) is 11.8 Å². The molecule has 32 heavy (non-hydrogen) atoms. The molecule has 1 fully saturated rings. The molecule has 0 radical (unpaired) electrons. The van der Waals surface area contributed by atoms with Crippen LogP contribution in [0.4, 0.5) is 5.69 Å². The van der Waals surface area contributed by atoms with Crippen LogP contribution >= 0.6 is 27.5 Å². The second-order valence-electron chi connectivity index (χ2n) is 8.35. The van der Waals surface area contributed by atoms with Gasteiger partial charge in [0.15, 0.2) is 0 Å². The van der Waals surface area contributed by atoms with Crippen molar-refractivity contribution in [1.29, 1.82) is 0 Å². The molecule has 2 bridgehead atoms. The third kappa shape index (κ3) is 2.26. The molecule has 3 aromatic rings. The second kappa shape index (κ2) is 6.53. The highest BCUT2D eigenvalue weighted by Crippen LogP contribution is 2.66. The summed E-state index contributed by atoms with van der Waals surface area (Å²) in [5.74, 6) is -3.37. The first-order valence-electron chi connectivity index (χ1n) is 10.1. The van der Waals surface area contributed by atoms with E-state index in [0.29, 0.717) is 0 Å². The summed E-state index contributed by atoms with van der Waals surface area (Å²) in [5.41, 5.74) is 4.14. The monoisotopic (exact) mass is 507 g/mol. The molecule has 158 valence electrons. The minimum absolute atomic E-state index is 0.0506.